The number of benzene rings is 2. The number of anilines is 1. The van der Waals surface area contributed by atoms with E-state index in [1.807, 2.05) is 18.2 Å². The first kappa shape index (κ1) is 10.7. The average molecular weight is 219 g/mol. The zero-order chi connectivity index (χ0) is 12.3. The molecule has 0 fully saturated rings. The molecule has 0 radical (unpaired) electrons. The third-order valence-electron chi connectivity index (χ3n) is 2.53. The van der Waals surface area contributed by atoms with E-state index < -0.39 is 0 Å². The van der Waals surface area contributed by atoms with Crippen LogP contribution >= 0.6 is 0 Å². The number of nitriles is 2. The second-order valence-electron chi connectivity index (χ2n) is 3.57. The Morgan fingerprint density at radius 3 is 2.41 bits per heavy atom. The predicted molar refractivity (Wildman–Crippen MR) is 65.7 cm³/mol. The van der Waals surface area contributed by atoms with Gasteiger partial charge in [-0.2, -0.15) is 10.5 Å². The summed E-state index contributed by atoms with van der Waals surface area (Å²) in [6.45, 7) is 0. The van der Waals surface area contributed by atoms with Crippen molar-refractivity contribution in [2.45, 2.75) is 0 Å². The minimum Gasteiger partial charge on any atom is -0.397 e. The van der Waals surface area contributed by atoms with Crippen molar-refractivity contribution in [3.05, 3.63) is 53.6 Å². The van der Waals surface area contributed by atoms with E-state index in [1.165, 1.54) is 0 Å². The van der Waals surface area contributed by atoms with Crippen LogP contribution in [0.2, 0.25) is 0 Å². The Balaban J connectivity index is 2.62. The van der Waals surface area contributed by atoms with Crippen molar-refractivity contribution >= 4 is 5.69 Å². The van der Waals surface area contributed by atoms with E-state index in [1.54, 1.807) is 30.3 Å². The molecule has 0 atom stereocenters. The Morgan fingerprint density at radius 1 is 0.941 bits per heavy atom. The van der Waals surface area contributed by atoms with Crippen LogP contribution in [0.3, 0.4) is 0 Å². The van der Waals surface area contributed by atoms with Crippen molar-refractivity contribution < 1.29 is 0 Å². The van der Waals surface area contributed by atoms with Crippen molar-refractivity contribution in [3.63, 3.8) is 0 Å². The molecular weight excluding hydrogens is 210 g/mol. The van der Waals surface area contributed by atoms with E-state index in [0.29, 0.717) is 16.8 Å². The molecule has 2 aromatic carbocycles. The highest BCUT2D eigenvalue weighted by Crippen LogP contribution is 2.28. The summed E-state index contributed by atoms with van der Waals surface area (Å²) in [4.78, 5) is 0. The molecule has 3 nitrogen and oxygen atoms in total. The van der Waals surface area contributed by atoms with Gasteiger partial charge in [0.1, 0.15) is 6.07 Å². The smallest absolute Gasteiger partial charge is 0.101 e. The van der Waals surface area contributed by atoms with Gasteiger partial charge in [0.05, 0.1) is 22.9 Å². The molecule has 0 spiro atoms. The van der Waals surface area contributed by atoms with Crippen LogP contribution in [0.1, 0.15) is 11.1 Å². The lowest BCUT2D eigenvalue weighted by Crippen LogP contribution is -1.94. The zero-order valence-corrected chi connectivity index (χ0v) is 9.01. The third-order valence-corrected chi connectivity index (χ3v) is 2.53. The van der Waals surface area contributed by atoms with Crippen LogP contribution in [-0.4, -0.2) is 0 Å². The van der Waals surface area contributed by atoms with E-state index in [9.17, 15) is 0 Å². The highest BCUT2D eigenvalue weighted by Gasteiger charge is 2.06. The summed E-state index contributed by atoms with van der Waals surface area (Å²) in [6, 6.07) is 16.6. The molecule has 17 heavy (non-hydrogen) atoms. The molecular formula is C14H9N3. The molecule has 0 saturated carbocycles. The molecule has 2 aromatic rings. The number of nitrogens with two attached hydrogens (primary N) is 1. The van der Waals surface area contributed by atoms with Crippen LogP contribution < -0.4 is 5.73 Å². The van der Waals surface area contributed by atoms with Gasteiger partial charge < -0.3 is 5.73 Å². The zero-order valence-electron chi connectivity index (χ0n) is 9.01. The first-order chi connectivity index (χ1) is 8.26. The summed E-state index contributed by atoms with van der Waals surface area (Å²) >= 11 is 0. The maximum absolute atomic E-state index is 8.91. The van der Waals surface area contributed by atoms with Crippen LogP contribution in [0.15, 0.2) is 42.5 Å². The minimum atomic E-state index is 0.449. The topological polar surface area (TPSA) is 73.6 Å². The number of hydrogen-bond acceptors (Lipinski definition) is 3. The summed E-state index contributed by atoms with van der Waals surface area (Å²) in [5.41, 5.74) is 9.01. The molecule has 0 aliphatic heterocycles. The molecule has 0 aromatic heterocycles. The van der Waals surface area contributed by atoms with Gasteiger partial charge in [-0.25, -0.2) is 0 Å². The Labute approximate surface area is 99.3 Å². The van der Waals surface area contributed by atoms with Crippen LogP contribution in [0, 0.1) is 22.7 Å². The second kappa shape index (κ2) is 4.38. The monoisotopic (exact) mass is 219 g/mol. The molecule has 2 rings (SSSR count). The van der Waals surface area contributed by atoms with E-state index in [0.717, 1.165) is 11.1 Å². The van der Waals surface area contributed by atoms with Gasteiger partial charge in [-0.15, -0.1) is 0 Å². The van der Waals surface area contributed by atoms with Gasteiger partial charge in [0.15, 0.2) is 0 Å². The number of nitrogen functional groups attached to an aromatic ring is 1. The van der Waals surface area contributed by atoms with Crippen LogP contribution in [-0.2, 0) is 0 Å². The SMILES string of the molecule is N#Cc1cccc(-c2cccc(C#N)c2N)c1. The average Bonchev–Trinajstić information content (AvgIpc) is 2.39. The fourth-order valence-corrected chi connectivity index (χ4v) is 1.67. The molecule has 0 heterocycles. The molecule has 0 amide bonds. The summed E-state index contributed by atoms with van der Waals surface area (Å²) in [7, 11) is 0. The molecule has 0 saturated heterocycles. The summed E-state index contributed by atoms with van der Waals surface area (Å²) < 4.78 is 0. The third kappa shape index (κ3) is 1.95. The first-order valence-electron chi connectivity index (χ1n) is 5.05. The Bertz CT molecular complexity index is 645. The number of para-hydroxylation sites is 1. The molecule has 0 aliphatic rings. The van der Waals surface area contributed by atoms with Crippen molar-refractivity contribution in [3.8, 4) is 23.3 Å². The summed E-state index contributed by atoms with van der Waals surface area (Å²) in [6.07, 6.45) is 0. The highest BCUT2D eigenvalue weighted by atomic mass is 14.6. The maximum Gasteiger partial charge on any atom is 0.101 e. The number of rotatable bonds is 1. The van der Waals surface area contributed by atoms with Gasteiger partial charge in [0.25, 0.3) is 0 Å². The van der Waals surface area contributed by atoms with E-state index in [2.05, 4.69) is 6.07 Å². The number of nitrogens with zero attached hydrogens (tertiary/aromatic N) is 2. The lowest BCUT2D eigenvalue weighted by atomic mass is 9.99. The van der Waals surface area contributed by atoms with Gasteiger partial charge in [-0.05, 0) is 23.8 Å². The van der Waals surface area contributed by atoms with E-state index in [-0.39, 0.29) is 0 Å². The lowest BCUT2D eigenvalue weighted by molar-refractivity contribution is 1.47. The second-order valence-corrected chi connectivity index (χ2v) is 3.57. The number of hydrogen-bond donors (Lipinski definition) is 1. The predicted octanol–water partition coefficient (Wildman–Crippen LogP) is 2.68. The first-order valence-corrected chi connectivity index (χ1v) is 5.05. The normalized spacial score (nSPS) is 9.29. The Hall–Kier alpha value is -2.78. The van der Waals surface area contributed by atoms with Crippen molar-refractivity contribution in [1.82, 2.24) is 0 Å². The van der Waals surface area contributed by atoms with Gasteiger partial charge in [0, 0.05) is 5.56 Å². The minimum absolute atomic E-state index is 0.449. The molecule has 0 aliphatic carbocycles. The quantitative estimate of drug-likeness (QED) is 0.749. The fourth-order valence-electron chi connectivity index (χ4n) is 1.67. The van der Waals surface area contributed by atoms with Gasteiger partial charge in [0.2, 0.25) is 0 Å². The van der Waals surface area contributed by atoms with Gasteiger partial charge in [-0.3, -0.25) is 0 Å². The van der Waals surface area contributed by atoms with E-state index in [4.69, 9.17) is 16.3 Å². The highest BCUT2D eigenvalue weighted by molar-refractivity contribution is 5.80. The summed E-state index contributed by atoms with van der Waals surface area (Å²) in [5, 5.41) is 17.8. The molecule has 0 unspecified atom stereocenters. The van der Waals surface area contributed by atoms with Gasteiger partial charge in [-0.1, -0.05) is 24.3 Å². The standard InChI is InChI=1S/C14H9N3/c15-8-10-3-1-4-11(7-10)13-6-2-5-12(9-16)14(13)17/h1-7H,17H2. The van der Waals surface area contributed by atoms with E-state index >= 15 is 0 Å². The van der Waals surface area contributed by atoms with Crippen molar-refractivity contribution in [2.75, 3.05) is 5.73 Å². The fraction of sp³-hybridized carbons (Fsp3) is 0. The van der Waals surface area contributed by atoms with Crippen LogP contribution in [0.25, 0.3) is 11.1 Å². The Kier molecular flexibility index (Phi) is 2.77. The molecule has 0 bridgehead atoms. The van der Waals surface area contributed by atoms with Crippen LogP contribution in [0.5, 0.6) is 0 Å². The molecule has 80 valence electrons. The van der Waals surface area contributed by atoms with Crippen molar-refractivity contribution in [1.29, 1.82) is 10.5 Å². The largest absolute Gasteiger partial charge is 0.397 e. The molecule has 2 N–H and O–H groups in total. The summed E-state index contributed by atoms with van der Waals surface area (Å²) in [5.74, 6) is 0. The van der Waals surface area contributed by atoms with Crippen LogP contribution in [0.4, 0.5) is 5.69 Å². The molecule has 3 heteroatoms. The Morgan fingerprint density at radius 2 is 1.71 bits per heavy atom. The maximum atomic E-state index is 8.91. The van der Waals surface area contributed by atoms with Gasteiger partial charge >= 0.3 is 0 Å². The van der Waals surface area contributed by atoms with Crippen molar-refractivity contribution in [2.24, 2.45) is 0 Å². The lowest BCUT2D eigenvalue weighted by Gasteiger charge is -2.07.